The van der Waals surface area contributed by atoms with Crippen LogP contribution in [0.3, 0.4) is 0 Å². The number of hydrogen-bond donors (Lipinski definition) is 1. The predicted molar refractivity (Wildman–Crippen MR) is 103 cm³/mol. The van der Waals surface area contributed by atoms with Crippen LogP contribution >= 0.6 is 45.8 Å². The fraction of sp³-hybridized carbons (Fsp3) is 0.250. The molecule has 7 heteroatoms. The van der Waals surface area contributed by atoms with Gasteiger partial charge in [-0.1, -0.05) is 12.1 Å². The first-order chi connectivity index (χ1) is 11.3. The summed E-state index contributed by atoms with van der Waals surface area (Å²) in [5.41, 5.74) is 0.849. The molecule has 0 aliphatic carbocycles. The van der Waals surface area contributed by atoms with E-state index in [2.05, 4.69) is 33.9 Å². The van der Waals surface area contributed by atoms with Crippen LogP contribution in [0.2, 0.25) is 0 Å². The topological polar surface area (TPSA) is 42.0 Å². The zero-order chi connectivity index (χ0) is 15.9. The van der Waals surface area contributed by atoms with Crippen molar-refractivity contribution in [2.75, 3.05) is 12.3 Å². The average molecular weight is 381 g/mol. The summed E-state index contributed by atoms with van der Waals surface area (Å²) in [6.45, 7) is 0.705. The smallest absolute Gasteiger partial charge is 0.226 e. The maximum atomic E-state index is 11.9. The average Bonchev–Trinajstić information content (AvgIpc) is 3.29. The zero-order valence-electron chi connectivity index (χ0n) is 12.4. The largest absolute Gasteiger partial charge is 0.355 e. The molecule has 0 unspecified atom stereocenters. The molecule has 0 atom stereocenters. The van der Waals surface area contributed by atoms with Gasteiger partial charge in [-0.05, 0) is 22.9 Å². The minimum Gasteiger partial charge on any atom is -0.355 e. The number of nitrogens with zero attached hydrogens (tertiary/aromatic N) is 1. The van der Waals surface area contributed by atoms with E-state index in [-0.39, 0.29) is 5.91 Å². The van der Waals surface area contributed by atoms with Crippen molar-refractivity contribution < 1.29 is 4.79 Å². The van der Waals surface area contributed by atoms with E-state index >= 15 is 0 Å². The molecule has 0 saturated heterocycles. The van der Waals surface area contributed by atoms with Gasteiger partial charge in [0.1, 0.15) is 5.01 Å². The van der Waals surface area contributed by atoms with Gasteiger partial charge in [-0.25, -0.2) is 4.98 Å². The Morgan fingerprint density at radius 3 is 2.83 bits per heavy atom. The van der Waals surface area contributed by atoms with Gasteiger partial charge >= 0.3 is 0 Å². The van der Waals surface area contributed by atoms with Crippen molar-refractivity contribution in [3.05, 3.63) is 51.0 Å². The summed E-state index contributed by atoms with van der Waals surface area (Å²) < 4.78 is 0. The lowest BCUT2D eigenvalue weighted by Crippen LogP contribution is -2.27. The molecule has 3 aromatic heterocycles. The Balaban J connectivity index is 1.36. The third kappa shape index (κ3) is 5.17. The number of amides is 1. The number of carbonyl (C=O) groups excluding carboxylic acids is 1. The third-order valence-electron chi connectivity index (χ3n) is 3.02. The van der Waals surface area contributed by atoms with Gasteiger partial charge in [-0.15, -0.1) is 34.0 Å². The van der Waals surface area contributed by atoms with Crippen LogP contribution in [0.5, 0.6) is 0 Å². The van der Waals surface area contributed by atoms with E-state index in [0.717, 1.165) is 27.1 Å². The van der Waals surface area contributed by atoms with E-state index in [1.807, 2.05) is 28.6 Å². The maximum absolute atomic E-state index is 11.9. The van der Waals surface area contributed by atoms with Crippen molar-refractivity contribution in [2.24, 2.45) is 0 Å². The number of thiophene rings is 2. The normalized spacial score (nSPS) is 10.8. The molecule has 0 aliphatic rings. The molecule has 3 nitrogen and oxygen atoms in total. The van der Waals surface area contributed by atoms with E-state index in [0.29, 0.717) is 13.0 Å². The molecule has 1 amide bonds. The summed E-state index contributed by atoms with van der Waals surface area (Å²) >= 11 is 6.89. The Bertz CT molecular complexity index is 719. The number of aromatic nitrogens is 1. The maximum Gasteiger partial charge on any atom is 0.226 e. The molecule has 0 fully saturated rings. The number of carbonyl (C=O) groups is 1. The van der Waals surface area contributed by atoms with Gasteiger partial charge in [0.05, 0.1) is 17.0 Å². The summed E-state index contributed by atoms with van der Waals surface area (Å²) in [6.07, 6.45) is 0.359. The van der Waals surface area contributed by atoms with Gasteiger partial charge in [0.15, 0.2) is 0 Å². The van der Waals surface area contributed by atoms with E-state index in [9.17, 15) is 4.79 Å². The molecular formula is C16H16N2OS4. The first-order valence-electron chi connectivity index (χ1n) is 7.16. The molecule has 0 aliphatic heterocycles. The Morgan fingerprint density at radius 1 is 1.17 bits per heavy atom. The van der Waals surface area contributed by atoms with Crippen LogP contribution in [0.25, 0.3) is 9.88 Å². The first-order valence-corrected chi connectivity index (χ1v) is 11.0. The lowest BCUT2D eigenvalue weighted by atomic mass is 10.3. The molecule has 23 heavy (non-hydrogen) atoms. The number of nitrogens with one attached hydrogen (secondary N) is 1. The van der Waals surface area contributed by atoms with Crippen molar-refractivity contribution in [1.29, 1.82) is 0 Å². The SMILES string of the molecule is O=C(Cc1csc(-c2cccs2)n1)NCCSCc1cccs1. The highest BCUT2D eigenvalue weighted by Crippen LogP contribution is 2.27. The predicted octanol–water partition coefficient (Wildman–Crippen LogP) is 4.53. The lowest BCUT2D eigenvalue weighted by molar-refractivity contribution is -0.120. The first kappa shape index (κ1) is 16.7. The number of thioether (sulfide) groups is 1. The Kier molecular flexibility index (Phi) is 6.27. The monoisotopic (exact) mass is 380 g/mol. The molecule has 0 spiro atoms. The van der Waals surface area contributed by atoms with Gasteiger partial charge in [-0.3, -0.25) is 4.79 Å². The summed E-state index contributed by atoms with van der Waals surface area (Å²) in [7, 11) is 0. The number of rotatable bonds is 8. The zero-order valence-corrected chi connectivity index (χ0v) is 15.6. The van der Waals surface area contributed by atoms with Crippen molar-refractivity contribution >= 4 is 51.7 Å². The van der Waals surface area contributed by atoms with Crippen molar-refractivity contribution in [2.45, 2.75) is 12.2 Å². The number of thiazole rings is 1. The van der Waals surface area contributed by atoms with Gasteiger partial charge in [-0.2, -0.15) is 11.8 Å². The van der Waals surface area contributed by atoms with E-state index < -0.39 is 0 Å². The molecule has 0 saturated carbocycles. The Morgan fingerprint density at radius 2 is 2.04 bits per heavy atom. The van der Waals surface area contributed by atoms with Crippen molar-refractivity contribution in [1.82, 2.24) is 10.3 Å². The molecule has 0 aromatic carbocycles. The standard InChI is InChI=1S/C16H16N2OS4/c19-15(17-5-8-20-11-13-3-1-6-21-13)9-12-10-23-16(18-12)14-4-2-7-22-14/h1-4,6-7,10H,5,8-9,11H2,(H,17,19). The van der Waals surface area contributed by atoms with E-state index in [1.54, 1.807) is 34.0 Å². The second kappa shape index (κ2) is 8.63. The molecule has 3 heterocycles. The van der Waals surface area contributed by atoms with Crippen LogP contribution in [-0.2, 0) is 17.0 Å². The summed E-state index contributed by atoms with van der Waals surface area (Å²) in [4.78, 5) is 19.0. The second-order valence-electron chi connectivity index (χ2n) is 4.78. The number of hydrogen-bond acceptors (Lipinski definition) is 6. The van der Waals surface area contributed by atoms with Gasteiger partial charge in [0.2, 0.25) is 5.91 Å². The van der Waals surface area contributed by atoms with Crippen molar-refractivity contribution in [3.63, 3.8) is 0 Å². The quantitative estimate of drug-likeness (QED) is 0.584. The van der Waals surface area contributed by atoms with E-state index in [1.165, 1.54) is 4.88 Å². The fourth-order valence-corrected chi connectivity index (χ4v) is 5.29. The molecule has 0 bridgehead atoms. The molecular weight excluding hydrogens is 364 g/mol. The van der Waals surface area contributed by atoms with Crippen LogP contribution in [-0.4, -0.2) is 23.2 Å². The Labute approximate surface area is 151 Å². The van der Waals surface area contributed by atoms with Gasteiger partial charge < -0.3 is 5.32 Å². The minimum atomic E-state index is 0.0461. The summed E-state index contributed by atoms with van der Waals surface area (Å²) in [5.74, 6) is 2.00. The fourth-order valence-electron chi connectivity index (χ4n) is 1.96. The molecule has 120 valence electrons. The van der Waals surface area contributed by atoms with Gasteiger partial charge in [0, 0.05) is 28.3 Å². The summed E-state index contributed by atoms with van der Waals surface area (Å²) in [5, 5.41) is 10.1. The summed E-state index contributed by atoms with van der Waals surface area (Å²) in [6, 6.07) is 8.28. The van der Waals surface area contributed by atoms with Crippen molar-refractivity contribution in [3.8, 4) is 9.88 Å². The van der Waals surface area contributed by atoms with Crippen LogP contribution in [0.1, 0.15) is 10.6 Å². The molecule has 1 N–H and O–H groups in total. The van der Waals surface area contributed by atoms with Crippen LogP contribution in [0.15, 0.2) is 40.4 Å². The molecule has 3 rings (SSSR count). The van der Waals surface area contributed by atoms with Crippen LogP contribution < -0.4 is 5.32 Å². The highest BCUT2D eigenvalue weighted by Gasteiger charge is 2.09. The van der Waals surface area contributed by atoms with Crippen LogP contribution in [0, 0.1) is 0 Å². The lowest BCUT2D eigenvalue weighted by Gasteiger charge is -2.03. The highest BCUT2D eigenvalue weighted by molar-refractivity contribution is 7.98. The molecule has 3 aromatic rings. The molecule has 0 radical (unpaired) electrons. The van der Waals surface area contributed by atoms with Crippen LogP contribution in [0.4, 0.5) is 0 Å². The van der Waals surface area contributed by atoms with Gasteiger partial charge in [0.25, 0.3) is 0 Å². The Hall–Kier alpha value is -1.15. The highest BCUT2D eigenvalue weighted by atomic mass is 32.2. The third-order valence-corrected chi connectivity index (χ3v) is 7.02. The minimum absolute atomic E-state index is 0.0461. The second-order valence-corrected chi connectivity index (χ2v) is 8.72. The van der Waals surface area contributed by atoms with E-state index in [4.69, 9.17) is 0 Å².